The molecule has 0 saturated carbocycles. The first-order chi connectivity index (χ1) is 18.3. The number of hydrogen-bond donors (Lipinski definition) is 1. The van der Waals surface area contributed by atoms with Crippen molar-refractivity contribution in [3.63, 3.8) is 0 Å². The van der Waals surface area contributed by atoms with E-state index in [9.17, 15) is 4.39 Å². The molecule has 0 unspecified atom stereocenters. The molecule has 1 N–H and O–H groups in total. The predicted molar refractivity (Wildman–Crippen MR) is 138 cm³/mol. The van der Waals surface area contributed by atoms with Crippen LogP contribution in [0, 0.1) is 0 Å². The molecule has 1 aromatic carbocycles. The number of halogens is 5. The van der Waals surface area contributed by atoms with Crippen LogP contribution in [0.3, 0.4) is 0 Å². The third kappa shape index (κ3) is 3.93. The van der Waals surface area contributed by atoms with Crippen molar-refractivity contribution in [3.8, 4) is 22.6 Å². The highest BCUT2D eigenvalue weighted by atomic mass is 35.5. The highest BCUT2D eigenvalue weighted by molar-refractivity contribution is 6.33. The number of alkyl halides is 3. The molecule has 38 heavy (non-hydrogen) atoms. The van der Waals surface area contributed by atoms with Crippen LogP contribution in [0.4, 0.5) is 24.8 Å². The smallest absolute Gasteiger partial charge is 0.333 e. The fraction of sp³-hybridized carbons (Fsp3) is 0.200. The molecule has 0 amide bonds. The minimum atomic E-state index is -3.59. The molecule has 0 fully saturated rings. The molecule has 6 rings (SSSR count). The topological polar surface area (TPSA) is 78.4 Å². The number of hydrogen-bond acceptors (Lipinski definition) is 5. The molecule has 0 saturated heterocycles. The van der Waals surface area contributed by atoms with Gasteiger partial charge < -0.3 is 9.88 Å². The van der Waals surface area contributed by atoms with Gasteiger partial charge in [0.05, 0.1) is 28.0 Å². The van der Waals surface area contributed by atoms with E-state index in [-0.39, 0.29) is 17.4 Å². The van der Waals surface area contributed by atoms with E-state index in [4.69, 9.17) is 23.2 Å². The molecule has 1 aliphatic heterocycles. The van der Waals surface area contributed by atoms with Crippen molar-refractivity contribution in [3.05, 3.63) is 82.5 Å². The lowest BCUT2D eigenvalue weighted by molar-refractivity contribution is 0.0259. The van der Waals surface area contributed by atoms with E-state index in [2.05, 4.69) is 25.6 Å². The zero-order chi connectivity index (χ0) is 26.6. The molecule has 0 bridgehead atoms. The zero-order valence-corrected chi connectivity index (χ0v) is 21.3. The van der Waals surface area contributed by atoms with Gasteiger partial charge in [0.15, 0.2) is 5.82 Å². The maximum absolute atomic E-state index is 15.6. The number of aryl methyl sites for hydroxylation is 1. The minimum absolute atomic E-state index is 0.102. The molecule has 4 aromatic heterocycles. The summed E-state index contributed by atoms with van der Waals surface area (Å²) in [5, 5.41) is 15.5. The molecule has 5 heterocycles. The minimum Gasteiger partial charge on any atom is -0.342 e. The predicted octanol–water partition coefficient (Wildman–Crippen LogP) is 6.26. The van der Waals surface area contributed by atoms with Crippen molar-refractivity contribution >= 4 is 34.8 Å². The van der Waals surface area contributed by atoms with Crippen LogP contribution in [-0.2, 0) is 19.5 Å². The van der Waals surface area contributed by atoms with Crippen molar-refractivity contribution in [1.29, 1.82) is 0 Å². The molecule has 0 spiro atoms. The lowest BCUT2D eigenvalue weighted by atomic mass is 10.1. The number of benzene rings is 1. The first kappa shape index (κ1) is 24.5. The third-order valence-electron chi connectivity index (χ3n) is 6.51. The normalized spacial score (nSPS) is 14.8. The maximum atomic E-state index is 15.6. The van der Waals surface area contributed by atoms with Crippen molar-refractivity contribution in [2.75, 3.05) is 12.0 Å². The van der Waals surface area contributed by atoms with Crippen LogP contribution in [-0.4, -0.2) is 40.8 Å². The molecule has 1 atom stereocenters. The fourth-order valence-electron chi connectivity index (χ4n) is 4.64. The first-order valence-electron chi connectivity index (χ1n) is 11.5. The van der Waals surface area contributed by atoms with Gasteiger partial charge in [-0.1, -0.05) is 41.4 Å². The van der Waals surface area contributed by atoms with Crippen LogP contribution >= 0.6 is 23.2 Å². The SMILES string of the molecule is Cn1nccc1Nc1cc(-c2cc3n(c2)C[C@H](CF)n2c-3nnc2C(F)(F)c2ccccc2Cl)c(Cl)cn1. The largest absolute Gasteiger partial charge is 0.342 e. The highest BCUT2D eigenvalue weighted by Crippen LogP contribution is 2.43. The standard InChI is InChI=1S/C25H19Cl2F3N8/c1-36-22(6-7-32-36)33-21-9-16(19(27)11-31-21)14-8-20-23-34-35-24(38(23)15(10-28)13-37(20)12-14)25(29,30)17-4-2-3-5-18(17)26/h2-9,11-12,15H,10,13H2,1H3,(H,31,33)/t15-/m0/s1. The Bertz CT molecular complexity index is 1660. The lowest BCUT2D eigenvalue weighted by Gasteiger charge is -2.28. The van der Waals surface area contributed by atoms with Crippen molar-refractivity contribution in [2.24, 2.45) is 7.05 Å². The van der Waals surface area contributed by atoms with Crippen LogP contribution in [0.15, 0.2) is 61.1 Å². The third-order valence-corrected chi connectivity index (χ3v) is 7.14. The van der Waals surface area contributed by atoms with Crippen LogP contribution < -0.4 is 5.32 Å². The first-order valence-corrected chi connectivity index (χ1v) is 12.3. The van der Waals surface area contributed by atoms with Crippen molar-refractivity contribution < 1.29 is 13.2 Å². The van der Waals surface area contributed by atoms with E-state index >= 15 is 8.78 Å². The van der Waals surface area contributed by atoms with Crippen LogP contribution in [0.1, 0.15) is 17.4 Å². The number of nitrogens with one attached hydrogen (secondary N) is 1. The lowest BCUT2D eigenvalue weighted by Crippen LogP contribution is -2.30. The molecule has 1 aliphatic rings. The molecule has 13 heteroatoms. The second kappa shape index (κ2) is 9.17. The summed E-state index contributed by atoms with van der Waals surface area (Å²) in [5.41, 5.74) is 1.42. The second-order valence-electron chi connectivity index (χ2n) is 8.86. The molecule has 8 nitrogen and oxygen atoms in total. The van der Waals surface area contributed by atoms with Gasteiger partial charge in [0, 0.05) is 48.7 Å². The summed E-state index contributed by atoms with van der Waals surface area (Å²) in [4.78, 5) is 4.33. The Kier molecular flexibility index (Phi) is 5.92. The van der Waals surface area contributed by atoms with Gasteiger partial charge in [-0.05, 0) is 18.2 Å². The fourth-order valence-corrected chi connectivity index (χ4v) is 5.11. The van der Waals surface area contributed by atoms with Gasteiger partial charge >= 0.3 is 5.92 Å². The van der Waals surface area contributed by atoms with Gasteiger partial charge in [-0.25, -0.2) is 9.37 Å². The summed E-state index contributed by atoms with van der Waals surface area (Å²) in [5.74, 6) is -2.86. The van der Waals surface area contributed by atoms with Crippen LogP contribution in [0.25, 0.3) is 22.6 Å². The molecular weight excluding hydrogens is 540 g/mol. The van der Waals surface area contributed by atoms with Crippen LogP contribution in [0.5, 0.6) is 0 Å². The van der Waals surface area contributed by atoms with Crippen molar-refractivity contribution in [2.45, 2.75) is 18.5 Å². The molecule has 0 radical (unpaired) electrons. The molecular formula is C25H19Cl2F3N8. The number of rotatable bonds is 6. The average Bonchev–Trinajstić information content (AvgIpc) is 3.63. The summed E-state index contributed by atoms with van der Waals surface area (Å²) < 4.78 is 50.1. The van der Waals surface area contributed by atoms with Gasteiger partial charge in [0.1, 0.15) is 18.3 Å². The summed E-state index contributed by atoms with van der Waals surface area (Å²) >= 11 is 12.6. The quantitative estimate of drug-likeness (QED) is 0.266. The summed E-state index contributed by atoms with van der Waals surface area (Å²) in [6, 6.07) is 10.0. The van der Waals surface area contributed by atoms with Crippen molar-refractivity contribution in [1.82, 2.24) is 34.1 Å². The van der Waals surface area contributed by atoms with E-state index in [1.165, 1.54) is 29.0 Å². The monoisotopic (exact) mass is 558 g/mol. The number of nitrogens with zero attached hydrogens (tertiary/aromatic N) is 7. The number of pyridine rings is 1. The average molecular weight is 559 g/mol. The number of anilines is 2. The number of fused-ring (bicyclic) bond motifs is 3. The highest BCUT2D eigenvalue weighted by Gasteiger charge is 2.45. The van der Waals surface area contributed by atoms with E-state index in [0.717, 1.165) is 5.82 Å². The van der Waals surface area contributed by atoms with Gasteiger partial charge in [0.25, 0.3) is 0 Å². The van der Waals surface area contributed by atoms with E-state index < -0.39 is 30.0 Å². The number of aromatic nitrogens is 7. The van der Waals surface area contributed by atoms with Gasteiger partial charge in [-0.2, -0.15) is 13.9 Å². The summed E-state index contributed by atoms with van der Waals surface area (Å²) in [6.07, 6.45) is 4.96. The Morgan fingerprint density at radius 3 is 2.66 bits per heavy atom. The Hall–Kier alpha value is -3.83. The molecule has 5 aromatic rings. The van der Waals surface area contributed by atoms with E-state index in [1.807, 2.05) is 0 Å². The Balaban J connectivity index is 1.42. The molecule has 0 aliphatic carbocycles. The van der Waals surface area contributed by atoms with Crippen LogP contribution in [0.2, 0.25) is 10.0 Å². The zero-order valence-electron chi connectivity index (χ0n) is 19.8. The summed E-state index contributed by atoms with van der Waals surface area (Å²) in [6.45, 7) is -0.788. The Morgan fingerprint density at radius 2 is 1.92 bits per heavy atom. The van der Waals surface area contributed by atoms with E-state index in [1.54, 1.807) is 53.0 Å². The van der Waals surface area contributed by atoms with E-state index in [0.29, 0.717) is 27.7 Å². The van der Waals surface area contributed by atoms with Gasteiger partial charge in [-0.15, -0.1) is 10.2 Å². The maximum Gasteiger partial charge on any atom is 0.333 e. The molecule has 194 valence electrons. The Labute approximate surface area is 224 Å². The van der Waals surface area contributed by atoms with Gasteiger partial charge in [-0.3, -0.25) is 9.25 Å². The second-order valence-corrected chi connectivity index (χ2v) is 9.67. The van der Waals surface area contributed by atoms with Gasteiger partial charge in [0.2, 0.25) is 5.82 Å². The Morgan fingerprint density at radius 1 is 1.11 bits per heavy atom. The summed E-state index contributed by atoms with van der Waals surface area (Å²) in [7, 11) is 1.79.